The molecule has 0 atom stereocenters. The predicted octanol–water partition coefficient (Wildman–Crippen LogP) is 4.47. The maximum atomic E-state index is 12.5. The molecule has 0 unspecified atom stereocenters. The van der Waals surface area contributed by atoms with Gasteiger partial charge in [-0.2, -0.15) is 5.10 Å². The fraction of sp³-hybridized carbons (Fsp3) is 0.185. The number of methoxy groups -OCH3 is 1. The minimum absolute atomic E-state index is 0.249. The molecular weight excluding hydrogens is 492 g/mol. The lowest BCUT2D eigenvalue weighted by Gasteiger charge is -2.13. The van der Waals surface area contributed by atoms with E-state index < -0.39 is 11.9 Å². The molecule has 0 fully saturated rings. The molecule has 0 aromatic heterocycles. The van der Waals surface area contributed by atoms with Crippen molar-refractivity contribution in [2.24, 2.45) is 15.9 Å². The second-order valence-electron chi connectivity index (χ2n) is 7.47. The number of benzene rings is 3. The lowest BCUT2D eigenvalue weighted by Crippen LogP contribution is -2.22. The summed E-state index contributed by atoms with van der Waals surface area (Å²) >= 11 is 1.40. The highest BCUT2D eigenvalue weighted by Gasteiger charge is 2.14. The van der Waals surface area contributed by atoms with Crippen molar-refractivity contribution in [2.75, 3.05) is 25.6 Å². The molecule has 1 amide bonds. The monoisotopic (exact) mass is 520 g/mol. The van der Waals surface area contributed by atoms with Crippen LogP contribution >= 0.6 is 11.8 Å². The molecular formula is C27H28N4O5S. The van der Waals surface area contributed by atoms with Crippen molar-refractivity contribution < 1.29 is 23.8 Å². The first-order chi connectivity index (χ1) is 18.0. The molecule has 37 heavy (non-hydrogen) atoms. The van der Waals surface area contributed by atoms with E-state index in [0.29, 0.717) is 34.7 Å². The number of hydrogen-bond donors (Lipinski definition) is 2. The average Bonchev–Trinajstić information content (AvgIpc) is 2.92. The summed E-state index contributed by atoms with van der Waals surface area (Å²) in [5.41, 5.74) is 8.38. The van der Waals surface area contributed by atoms with Gasteiger partial charge >= 0.3 is 5.97 Å². The van der Waals surface area contributed by atoms with Crippen LogP contribution in [-0.4, -0.2) is 43.6 Å². The number of anilines is 1. The summed E-state index contributed by atoms with van der Waals surface area (Å²) in [4.78, 5) is 24.4. The van der Waals surface area contributed by atoms with Gasteiger partial charge in [0.15, 0.2) is 23.3 Å². The van der Waals surface area contributed by atoms with Crippen LogP contribution in [0.1, 0.15) is 28.4 Å². The minimum atomic E-state index is -0.548. The Kier molecular flexibility index (Phi) is 10.5. The van der Waals surface area contributed by atoms with E-state index in [1.54, 1.807) is 48.7 Å². The van der Waals surface area contributed by atoms with Crippen LogP contribution in [0.2, 0.25) is 0 Å². The largest absolute Gasteiger partial charge is 0.490 e. The van der Waals surface area contributed by atoms with Gasteiger partial charge in [0, 0.05) is 5.75 Å². The standard InChI is InChI=1S/C27H28N4O5S/c1-3-35-24-15-20(16-29-31-27(28)37-18-19-9-5-4-6-10-19)13-14-23(24)36-17-25(32)30-22-12-8-7-11-21(22)26(33)34-2/h4-16H,3,17-18H2,1-2H3,(H2,28,31)(H,30,32). The number of nitrogens with one attached hydrogen (secondary N) is 1. The van der Waals surface area contributed by atoms with E-state index in [9.17, 15) is 9.59 Å². The Morgan fingerprint density at radius 2 is 1.76 bits per heavy atom. The van der Waals surface area contributed by atoms with Crippen molar-refractivity contribution in [2.45, 2.75) is 12.7 Å². The van der Waals surface area contributed by atoms with Crippen molar-refractivity contribution in [3.05, 3.63) is 89.5 Å². The summed E-state index contributed by atoms with van der Waals surface area (Å²) in [6, 6.07) is 21.7. The minimum Gasteiger partial charge on any atom is -0.490 e. The molecule has 0 heterocycles. The van der Waals surface area contributed by atoms with Crippen molar-refractivity contribution >= 4 is 40.7 Å². The first-order valence-electron chi connectivity index (χ1n) is 11.4. The number of nitrogens with zero attached hydrogens (tertiary/aromatic N) is 2. The summed E-state index contributed by atoms with van der Waals surface area (Å²) in [7, 11) is 1.28. The molecule has 3 aromatic rings. The summed E-state index contributed by atoms with van der Waals surface area (Å²) in [5, 5.41) is 11.1. The lowest BCUT2D eigenvalue weighted by atomic mass is 10.2. The molecule has 0 saturated heterocycles. The topological polar surface area (TPSA) is 125 Å². The molecule has 0 aliphatic carbocycles. The van der Waals surface area contributed by atoms with Crippen LogP contribution in [0.15, 0.2) is 83.0 Å². The number of carbonyl (C=O) groups is 2. The Hall–Kier alpha value is -4.31. The molecule has 3 rings (SSSR count). The zero-order chi connectivity index (χ0) is 26.5. The van der Waals surface area contributed by atoms with E-state index in [2.05, 4.69) is 15.5 Å². The van der Waals surface area contributed by atoms with Crippen molar-refractivity contribution in [1.82, 2.24) is 0 Å². The number of ether oxygens (including phenoxy) is 3. The first-order valence-corrected chi connectivity index (χ1v) is 12.4. The van der Waals surface area contributed by atoms with Crippen LogP contribution in [0.4, 0.5) is 5.69 Å². The lowest BCUT2D eigenvalue weighted by molar-refractivity contribution is -0.118. The zero-order valence-electron chi connectivity index (χ0n) is 20.5. The third kappa shape index (κ3) is 8.69. The molecule has 0 radical (unpaired) electrons. The fourth-order valence-corrected chi connectivity index (χ4v) is 3.73. The van der Waals surface area contributed by atoms with Gasteiger partial charge < -0.3 is 25.3 Å². The second-order valence-corrected chi connectivity index (χ2v) is 8.47. The second kappa shape index (κ2) is 14.3. The molecule has 10 heteroatoms. The van der Waals surface area contributed by atoms with Crippen LogP contribution < -0.4 is 20.5 Å². The number of carbonyl (C=O) groups excluding carboxylic acids is 2. The Balaban J connectivity index is 1.59. The number of amidine groups is 1. The van der Waals surface area contributed by atoms with Crippen LogP contribution in [0.5, 0.6) is 11.5 Å². The summed E-state index contributed by atoms with van der Waals surface area (Å²) in [6.45, 7) is 1.95. The molecule has 9 nitrogen and oxygen atoms in total. The summed E-state index contributed by atoms with van der Waals surface area (Å²) < 4.78 is 16.1. The quantitative estimate of drug-likeness (QED) is 0.165. The maximum Gasteiger partial charge on any atom is 0.339 e. The molecule has 0 saturated carbocycles. The molecule has 0 aliphatic rings. The van der Waals surface area contributed by atoms with E-state index in [-0.39, 0.29) is 12.2 Å². The number of amides is 1. The number of para-hydroxylation sites is 1. The highest BCUT2D eigenvalue weighted by atomic mass is 32.2. The normalized spacial score (nSPS) is 11.2. The maximum absolute atomic E-state index is 12.5. The van der Waals surface area contributed by atoms with Crippen molar-refractivity contribution in [3.8, 4) is 11.5 Å². The van der Waals surface area contributed by atoms with Crippen LogP contribution in [0.3, 0.4) is 0 Å². The molecule has 0 aliphatic heterocycles. The smallest absolute Gasteiger partial charge is 0.339 e. The van der Waals surface area contributed by atoms with Gasteiger partial charge in [0.25, 0.3) is 5.91 Å². The van der Waals surface area contributed by atoms with Crippen molar-refractivity contribution in [3.63, 3.8) is 0 Å². The van der Waals surface area contributed by atoms with Gasteiger partial charge in [-0.25, -0.2) is 4.79 Å². The molecule has 192 valence electrons. The van der Waals surface area contributed by atoms with Gasteiger partial charge in [-0.3, -0.25) is 4.79 Å². The van der Waals surface area contributed by atoms with E-state index in [0.717, 1.165) is 11.1 Å². The number of hydrogen-bond acceptors (Lipinski definition) is 8. The van der Waals surface area contributed by atoms with Gasteiger partial charge in [-0.15, -0.1) is 5.10 Å². The number of esters is 1. The fourth-order valence-electron chi connectivity index (χ4n) is 3.11. The van der Waals surface area contributed by atoms with Gasteiger partial charge in [0.2, 0.25) is 0 Å². The van der Waals surface area contributed by atoms with E-state index >= 15 is 0 Å². The van der Waals surface area contributed by atoms with E-state index in [1.807, 2.05) is 37.3 Å². The van der Waals surface area contributed by atoms with Gasteiger partial charge in [-0.1, -0.05) is 54.2 Å². The molecule has 3 N–H and O–H groups in total. The zero-order valence-corrected chi connectivity index (χ0v) is 21.4. The predicted molar refractivity (Wildman–Crippen MR) is 146 cm³/mol. The third-order valence-corrected chi connectivity index (χ3v) is 5.68. The van der Waals surface area contributed by atoms with E-state index in [4.69, 9.17) is 19.9 Å². The Morgan fingerprint density at radius 1 is 1.00 bits per heavy atom. The van der Waals surface area contributed by atoms with Gasteiger partial charge in [0.1, 0.15) is 0 Å². The van der Waals surface area contributed by atoms with Crippen LogP contribution in [0.25, 0.3) is 0 Å². The average molecular weight is 521 g/mol. The first kappa shape index (κ1) is 27.3. The van der Waals surface area contributed by atoms with Gasteiger partial charge in [0.05, 0.1) is 31.2 Å². The molecule has 0 spiro atoms. The molecule has 3 aromatic carbocycles. The van der Waals surface area contributed by atoms with Crippen LogP contribution in [-0.2, 0) is 15.3 Å². The van der Waals surface area contributed by atoms with Crippen molar-refractivity contribution in [1.29, 1.82) is 0 Å². The SMILES string of the molecule is CCOc1cc(C=NN=C(N)SCc2ccccc2)ccc1OCC(=O)Nc1ccccc1C(=O)OC. The Labute approximate surface area is 219 Å². The molecule has 0 bridgehead atoms. The van der Waals surface area contributed by atoms with E-state index in [1.165, 1.54) is 18.9 Å². The van der Waals surface area contributed by atoms with Crippen LogP contribution in [0, 0.1) is 0 Å². The Morgan fingerprint density at radius 3 is 2.51 bits per heavy atom. The number of rotatable bonds is 11. The summed E-state index contributed by atoms with van der Waals surface area (Å²) in [5.74, 6) is 0.547. The summed E-state index contributed by atoms with van der Waals surface area (Å²) in [6.07, 6.45) is 1.55. The highest BCUT2D eigenvalue weighted by Crippen LogP contribution is 2.28. The number of nitrogens with two attached hydrogens (primary N) is 1. The van der Waals surface area contributed by atoms with Gasteiger partial charge in [-0.05, 0) is 48.4 Å². The highest BCUT2D eigenvalue weighted by molar-refractivity contribution is 8.13. The Bertz CT molecular complexity index is 1260. The number of thioether (sulfide) groups is 1. The third-order valence-electron chi connectivity index (χ3n) is 4.83.